The van der Waals surface area contributed by atoms with Crippen LogP contribution in [-0.4, -0.2) is 13.6 Å². The summed E-state index contributed by atoms with van der Waals surface area (Å²) in [7, 11) is 2.04. The predicted molar refractivity (Wildman–Crippen MR) is 66.7 cm³/mol. The van der Waals surface area contributed by atoms with Crippen LogP contribution in [0, 0.1) is 23.2 Å². The summed E-state index contributed by atoms with van der Waals surface area (Å²) in [4.78, 5) is 2.16. The molecule has 0 aliphatic heterocycles. The Morgan fingerprint density at radius 2 is 2.25 bits per heavy atom. The van der Waals surface area contributed by atoms with Crippen LogP contribution in [0.3, 0.4) is 0 Å². The summed E-state index contributed by atoms with van der Waals surface area (Å²) in [6.07, 6.45) is 1.31. The Labute approximate surface area is 101 Å². The van der Waals surface area contributed by atoms with Gasteiger partial charge in [0.15, 0.2) is 0 Å². The van der Waals surface area contributed by atoms with E-state index < -0.39 is 0 Å². The summed E-state index contributed by atoms with van der Waals surface area (Å²) in [5, 5.41) is 9.68. The quantitative estimate of drug-likeness (QED) is 0.803. The van der Waals surface area contributed by atoms with Gasteiger partial charge in [0.1, 0.15) is 6.07 Å². The lowest BCUT2D eigenvalue weighted by Crippen LogP contribution is -2.21. The number of anilines is 1. The molecule has 0 spiro atoms. The van der Waals surface area contributed by atoms with Crippen molar-refractivity contribution >= 4 is 17.3 Å². The van der Waals surface area contributed by atoms with Crippen molar-refractivity contribution in [1.29, 1.82) is 5.26 Å². The summed E-state index contributed by atoms with van der Waals surface area (Å²) in [5.74, 6) is 1.62. The summed E-state index contributed by atoms with van der Waals surface area (Å²) < 4.78 is 0. The molecule has 0 saturated heterocycles. The first-order chi connectivity index (χ1) is 7.61. The van der Waals surface area contributed by atoms with E-state index in [2.05, 4.69) is 17.9 Å². The van der Waals surface area contributed by atoms with Crippen molar-refractivity contribution in [3.63, 3.8) is 0 Å². The topological polar surface area (TPSA) is 27.0 Å². The first kappa shape index (κ1) is 11.3. The maximum atomic E-state index is 9.06. The zero-order valence-corrected chi connectivity index (χ0v) is 10.3. The lowest BCUT2D eigenvalue weighted by molar-refractivity contribution is 0.725. The molecular weight excluding hydrogens is 220 g/mol. The van der Waals surface area contributed by atoms with Crippen LogP contribution in [0.1, 0.15) is 18.9 Å². The van der Waals surface area contributed by atoms with Gasteiger partial charge in [0, 0.05) is 18.6 Å². The molecule has 1 aliphatic carbocycles. The second-order valence-electron chi connectivity index (χ2n) is 4.63. The fourth-order valence-corrected chi connectivity index (χ4v) is 2.21. The Bertz CT molecular complexity index is 436. The Balaban J connectivity index is 2.16. The number of nitriles is 1. The average molecular weight is 235 g/mol. The van der Waals surface area contributed by atoms with E-state index in [0.717, 1.165) is 24.1 Å². The minimum absolute atomic E-state index is 0.619. The Kier molecular flexibility index (Phi) is 3.07. The third kappa shape index (κ3) is 2.31. The molecule has 2 atom stereocenters. The zero-order chi connectivity index (χ0) is 11.7. The molecule has 0 amide bonds. The predicted octanol–water partition coefficient (Wildman–Crippen LogP) is 3.30. The molecule has 1 aromatic carbocycles. The lowest BCUT2D eigenvalue weighted by atomic mass is 10.1. The van der Waals surface area contributed by atoms with Gasteiger partial charge >= 0.3 is 0 Å². The van der Waals surface area contributed by atoms with Gasteiger partial charge in [-0.25, -0.2) is 0 Å². The molecule has 0 aromatic heterocycles. The van der Waals surface area contributed by atoms with Gasteiger partial charge in [-0.15, -0.1) is 0 Å². The lowest BCUT2D eigenvalue weighted by Gasteiger charge is -2.20. The molecule has 84 valence electrons. The molecule has 1 fully saturated rings. The average Bonchev–Trinajstić information content (AvgIpc) is 2.93. The van der Waals surface area contributed by atoms with Crippen LogP contribution in [0.4, 0.5) is 5.69 Å². The van der Waals surface area contributed by atoms with Crippen LogP contribution in [0.5, 0.6) is 0 Å². The molecule has 16 heavy (non-hydrogen) atoms. The molecule has 1 aliphatic rings. The first-order valence-electron chi connectivity index (χ1n) is 5.52. The van der Waals surface area contributed by atoms with E-state index in [4.69, 9.17) is 16.9 Å². The van der Waals surface area contributed by atoms with Crippen LogP contribution >= 0.6 is 11.6 Å². The van der Waals surface area contributed by atoms with Crippen molar-refractivity contribution in [2.75, 3.05) is 18.5 Å². The van der Waals surface area contributed by atoms with Crippen LogP contribution in [0.25, 0.3) is 0 Å². The minimum atomic E-state index is 0.619. The van der Waals surface area contributed by atoms with Crippen LogP contribution in [0.2, 0.25) is 5.02 Å². The van der Waals surface area contributed by atoms with Gasteiger partial charge in [-0.3, -0.25) is 0 Å². The van der Waals surface area contributed by atoms with Crippen LogP contribution < -0.4 is 4.90 Å². The van der Waals surface area contributed by atoms with Gasteiger partial charge in [0.2, 0.25) is 0 Å². The van der Waals surface area contributed by atoms with Crippen molar-refractivity contribution in [3.05, 3.63) is 28.8 Å². The van der Waals surface area contributed by atoms with Crippen molar-refractivity contribution in [2.45, 2.75) is 13.3 Å². The van der Waals surface area contributed by atoms with Gasteiger partial charge in [-0.2, -0.15) is 5.26 Å². The molecular formula is C13H15ClN2. The highest BCUT2D eigenvalue weighted by Gasteiger charge is 2.33. The second-order valence-corrected chi connectivity index (χ2v) is 5.06. The molecule has 2 unspecified atom stereocenters. The monoisotopic (exact) mass is 234 g/mol. The van der Waals surface area contributed by atoms with E-state index in [9.17, 15) is 0 Å². The number of nitrogens with zero attached hydrogens (tertiary/aromatic N) is 2. The molecule has 2 rings (SSSR count). The van der Waals surface area contributed by atoms with Crippen molar-refractivity contribution in [3.8, 4) is 6.07 Å². The van der Waals surface area contributed by atoms with Crippen LogP contribution in [0.15, 0.2) is 18.2 Å². The number of rotatable bonds is 3. The van der Waals surface area contributed by atoms with Crippen molar-refractivity contribution in [1.82, 2.24) is 0 Å². The van der Waals surface area contributed by atoms with Crippen molar-refractivity contribution in [2.24, 2.45) is 11.8 Å². The molecule has 2 nitrogen and oxygen atoms in total. The maximum Gasteiger partial charge on any atom is 0.101 e. The smallest absolute Gasteiger partial charge is 0.101 e. The summed E-state index contributed by atoms with van der Waals surface area (Å²) >= 11 is 5.87. The molecule has 0 bridgehead atoms. The molecule has 1 saturated carbocycles. The fourth-order valence-electron chi connectivity index (χ4n) is 2.03. The highest BCUT2D eigenvalue weighted by Crippen LogP contribution is 2.39. The second kappa shape index (κ2) is 4.35. The third-order valence-electron chi connectivity index (χ3n) is 3.27. The van der Waals surface area contributed by atoms with E-state index in [0.29, 0.717) is 10.6 Å². The first-order valence-corrected chi connectivity index (χ1v) is 5.90. The van der Waals surface area contributed by atoms with Gasteiger partial charge in [0.05, 0.1) is 11.3 Å². The normalized spacial score (nSPS) is 22.6. The van der Waals surface area contributed by atoms with Gasteiger partial charge in [-0.05, 0) is 36.5 Å². The number of hydrogen-bond donors (Lipinski definition) is 0. The van der Waals surface area contributed by atoms with Gasteiger partial charge in [0.25, 0.3) is 0 Å². The minimum Gasteiger partial charge on any atom is -0.373 e. The van der Waals surface area contributed by atoms with E-state index >= 15 is 0 Å². The molecule has 0 N–H and O–H groups in total. The van der Waals surface area contributed by atoms with Gasteiger partial charge < -0.3 is 4.90 Å². The Morgan fingerprint density at radius 1 is 1.56 bits per heavy atom. The number of benzene rings is 1. The largest absolute Gasteiger partial charge is 0.373 e. The molecule has 0 heterocycles. The van der Waals surface area contributed by atoms with Crippen molar-refractivity contribution < 1.29 is 0 Å². The standard InChI is InChI=1S/C13H15ClN2/c1-9-5-11(9)8-16(2)13-4-3-12(14)6-10(13)7-15/h3-4,6,9,11H,5,8H2,1-2H3. The SMILES string of the molecule is CC1CC1CN(C)c1ccc(Cl)cc1C#N. The number of halogens is 1. The van der Waals surface area contributed by atoms with E-state index in [-0.39, 0.29) is 0 Å². The van der Waals surface area contributed by atoms with Crippen LogP contribution in [-0.2, 0) is 0 Å². The van der Waals surface area contributed by atoms with E-state index in [1.54, 1.807) is 6.07 Å². The third-order valence-corrected chi connectivity index (χ3v) is 3.51. The summed E-state index contributed by atoms with van der Waals surface area (Å²) in [5.41, 5.74) is 1.63. The Hall–Kier alpha value is -1.20. The molecule has 1 aromatic rings. The summed E-state index contributed by atoms with van der Waals surface area (Å²) in [6.45, 7) is 3.29. The van der Waals surface area contributed by atoms with E-state index in [1.807, 2.05) is 19.2 Å². The highest BCUT2D eigenvalue weighted by atomic mass is 35.5. The molecule has 0 radical (unpaired) electrons. The Morgan fingerprint density at radius 3 is 2.81 bits per heavy atom. The highest BCUT2D eigenvalue weighted by molar-refractivity contribution is 6.30. The zero-order valence-electron chi connectivity index (χ0n) is 9.57. The summed E-state index contributed by atoms with van der Waals surface area (Å²) in [6, 6.07) is 7.68. The maximum absolute atomic E-state index is 9.06. The number of hydrogen-bond acceptors (Lipinski definition) is 2. The molecule has 3 heteroatoms. The fraction of sp³-hybridized carbons (Fsp3) is 0.462. The van der Waals surface area contributed by atoms with Gasteiger partial charge in [-0.1, -0.05) is 18.5 Å². The van der Waals surface area contributed by atoms with E-state index in [1.165, 1.54) is 6.42 Å².